The number of alkyl halides is 3. The van der Waals surface area contributed by atoms with E-state index in [-0.39, 0.29) is 23.2 Å². The number of nitrogens with one attached hydrogen (secondary N) is 1. The van der Waals surface area contributed by atoms with Gasteiger partial charge in [-0.2, -0.15) is 13.2 Å². The van der Waals surface area contributed by atoms with Crippen LogP contribution in [0.4, 0.5) is 13.2 Å². The molecule has 0 saturated carbocycles. The van der Waals surface area contributed by atoms with E-state index in [9.17, 15) is 27.0 Å². The maximum atomic E-state index is 12.8. The van der Waals surface area contributed by atoms with E-state index in [1.165, 1.54) is 0 Å². The van der Waals surface area contributed by atoms with Crippen molar-refractivity contribution in [2.45, 2.75) is 25.4 Å². The molecule has 1 unspecified atom stereocenters. The van der Waals surface area contributed by atoms with Gasteiger partial charge in [0.15, 0.2) is 16.9 Å². The molecule has 1 aromatic heterocycles. The van der Waals surface area contributed by atoms with E-state index in [1.54, 1.807) is 6.92 Å². The van der Waals surface area contributed by atoms with Crippen molar-refractivity contribution in [3.63, 3.8) is 0 Å². The number of rotatable bonds is 5. The lowest BCUT2D eigenvalue weighted by molar-refractivity contribution is -0.137. The van der Waals surface area contributed by atoms with Crippen molar-refractivity contribution >= 4 is 16.9 Å². The Balaban J connectivity index is 2.55. The molecule has 1 atom stereocenters. The third kappa shape index (κ3) is 3.65. The molecule has 0 aliphatic rings. The van der Waals surface area contributed by atoms with Crippen LogP contribution in [0.3, 0.4) is 0 Å². The van der Waals surface area contributed by atoms with Crippen LogP contribution >= 0.6 is 0 Å². The lowest BCUT2D eigenvalue weighted by atomic mass is 9.98. The van der Waals surface area contributed by atoms with Crippen LogP contribution in [0.15, 0.2) is 29.2 Å². The SMILES string of the molecule is CCn1[nH]cc(C(=O)c2ccc(C(F)(F)F)cc2CS(=O)O)c1=O. The Morgan fingerprint density at radius 3 is 2.50 bits per heavy atom. The van der Waals surface area contributed by atoms with Gasteiger partial charge in [-0.25, -0.2) is 4.21 Å². The number of hydrogen-bond donors (Lipinski definition) is 2. The van der Waals surface area contributed by atoms with Gasteiger partial charge in [0, 0.05) is 18.3 Å². The summed E-state index contributed by atoms with van der Waals surface area (Å²) < 4.78 is 59.5. The van der Waals surface area contributed by atoms with Gasteiger partial charge < -0.3 is 9.65 Å². The fourth-order valence-electron chi connectivity index (χ4n) is 2.19. The average Bonchev–Trinajstić information content (AvgIpc) is 2.86. The van der Waals surface area contributed by atoms with E-state index in [0.29, 0.717) is 12.1 Å². The number of aryl methyl sites for hydroxylation is 1. The molecule has 0 amide bonds. The van der Waals surface area contributed by atoms with Gasteiger partial charge in [-0.05, 0) is 24.6 Å². The normalized spacial score (nSPS) is 13.0. The Labute approximate surface area is 136 Å². The highest BCUT2D eigenvalue weighted by molar-refractivity contribution is 7.78. The summed E-state index contributed by atoms with van der Waals surface area (Å²) in [5.74, 6) is -1.46. The Bertz CT molecular complexity index is 854. The number of aromatic nitrogens is 2. The van der Waals surface area contributed by atoms with Crippen LogP contribution in [0.25, 0.3) is 0 Å². The summed E-state index contributed by atoms with van der Waals surface area (Å²) in [6.45, 7) is 1.96. The molecule has 1 heterocycles. The maximum absolute atomic E-state index is 12.8. The predicted octanol–water partition coefficient (Wildman–Crippen LogP) is 2.17. The first-order valence-electron chi connectivity index (χ1n) is 6.75. The van der Waals surface area contributed by atoms with Crippen LogP contribution in [0, 0.1) is 0 Å². The van der Waals surface area contributed by atoms with E-state index in [1.807, 2.05) is 0 Å². The van der Waals surface area contributed by atoms with Gasteiger partial charge in [-0.3, -0.25) is 14.3 Å². The van der Waals surface area contributed by atoms with Crippen molar-refractivity contribution < 1.29 is 26.7 Å². The number of carbonyl (C=O) groups is 1. The van der Waals surface area contributed by atoms with Gasteiger partial charge in [-0.15, -0.1) is 0 Å². The molecule has 2 rings (SSSR count). The van der Waals surface area contributed by atoms with Gasteiger partial charge >= 0.3 is 6.18 Å². The van der Waals surface area contributed by atoms with E-state index in [4.69, 9.17) is 4.55 Å². The second kappa shape index (κ2) is 6.73. The van der Waals surface area contributed by atoms with Crippen molar-refractivity contribution in [1.29, 1.82) is 0 Å². The minimum atomic E-state index is -4.66. The van der Waals surface area contributed by atoms with Crippen LogP contribution in [0.5, 0.6) is 0 Å². The maximum Gasteiger partial charge on any atom is 0.416 e. The van der Waals surface area contributed by atoms with Crippen molar-refractivity contribution in [1.82, 2.24) is 9.78 Å². The van der Waals surface area contributed by atoms with E-state index >= 15 is 0 Å². The summed E-state index contributed by atoms with van der Waals surface area (Å²) in [4.78, 5) is 24.5. The molecule has 2 N–H and O–H groups in total. The van der Waals surface area contributed by atoms with Crippen LogP contribution in [-0.4, -0.2) is 24.3 Å². The second-order valence-electron chi connectivity index (χ2n) is 4.90. The quantitative estimate of drug-likeness (QED) is 0.630. The Kier molecular flexibility index (Phi) is 5.09. The average molecular weight is 362 g/mol. The van der Waals surface area contributed by atoms with Crippen LogP contribution < -0.4 is 5.56 Å². The number of aromatic amines is 1. The van der Waals surface area contributed by atoms with Gasteiger partial charge in [0.1, 0.15) is 5.56 Å². The minimum absolute atomic E-state index is 0.218. The zero-order valence-corrected chi connectivity index (χ0v) is 13.2. The third-order valence-electron chi connectivity index (χ3n) is 3.36. The molecule has 0 spiro atoms. The number of hydrogen-bond acceptors (Lipinski definition) is 3. The van der Waals surface area contributed by atoms with E-state index in [0.717, 1.165) is 16.9 Å². The molecule has 6 nitrogen and oxygen atoms in total. The number of nitrogens with zero attached hydrogens (tertiary/aromatic N) is 1. The Morgan fingerprint density at radius 1 is 1.33 bits per heavy atom. The van der Waals surface area contributed by atoms with Crippen LogP contribution in [0.1, 0.15) is 34.0 Å². The highest BCUT2D eigenvalue weighted by Gasteiger charge is 2.32. The van der Waals surface area contributed by atoms with E-state index < -0.39 is 39.9 Å². The van der Waals surface area contributed by atoms with Crippen molar-refractivity contribution in [2.75, 3.05) is 0 Å². The largest absolute Gasteiger partial charge is 0.416 e. The first kappa shape index (κ1) is 18.1. The fourth-order valence-corrected chi connectivity index (χ4v) is 2.70. The summed E-state index contributed by atoms with van der Waals surface area (Å²) in [5, 5.41) is 2.56. The van der Waals surface area contributed by atoms with Gasteiger partial charge in [0.2, 0.25) is 0 Å². The Morgan fingerprint density at radius 2 is 2.00 bits per heavy atom. The Hall–Kier alpha value is -2.20. The summed E-state index contributed by atoms with van der Waals surface area (Å²) in [7, 11) is 0. The number of benzene rings is 1. The molecule has 0 radical (unpaired) electrons. The second-order valence-corrected chi connectivity index (χ2v) is 5.83. The summed E-state index contributed by atoms with van der Waals surface area (Å²) in [6, 6.07) is 2.25. The standard InChI is InChI=1S/C14H13F3N2O4S/c1-2-19-13(21)11(6-18-19)12(20)10-4-3-9(14(15,16)17)5-8(10)7-24(22)23/h3-6,18H,2,7H2,1H3,(H,22,23). The van der Waals surface area contributed by atoms with E-state index in [2.05, 4.69) is 5.10 Å². The van der Waals surface area contributed by atoms with Gasteiger partial charge in [-0.1, -0.05) is 6.07 Å². The molecule has 0 aliphatic heterocycles. The summed E-state index contributed by atoms with van der Waals surface area (Å²) in [6.07, 6.45) is -3.50. The molecule has 0 saturated heterocycles. The lowest BCUT2D eigenvalue weighted by Gasteiger charge is -2.11. The van der Waals surface area contributed by atoms with Gasteiger partial charge in [0.05, 0.1) is 11.3 Å². The van der Waals surface area contributed by atoms with Gasteiger partial charge in [0.25, 0.3) is 5.56 Å². The predicted molar refractivity (Wildman–Crippen MR) is 80.1 cm³/mol. The molecule has 130 valence electrons. The molecule has 24 heavy (non-hydrogen) atoms. The highest BCUT2D eigenvalue weighted by Crippen LogP contribution is 2.31. The molecule has 0 fully saturated rings. The van der Waals surface area contributed by atoms with Crippen molar-refractivity contribution in [3.8, 4) is 0 Å². The highest BCUT2D eigenvalue weighted by atomic mass is 32.2. The lowest BCUT2D eigenvalue weighted by Crippen LogP contribution is -2.22. The zero-order valence-electron chi connectivity index (χ0n) is 12.4. The zero-order chi connectivity index (χ0) is 18.1. The molecule has 1 aromatic carbocycles. The van der Waals surface area contributed by atoms with Crippen molar-refractivity contribution in [2.24, 2.45) is 0 Å². The van der Waals surface area contributed by atoms with Crippen molar-refractivity contribution in [3.05, 3.63) is 57.0 Å². The third-order valence-corrected chi connectivity index (χ3v) is 3.92. The topological polar surface area (TPSA) is 92.2 Å². The number of carbonyl (C=O) groups excluding carboxylic acids is 1. The smallest absolute Gasteiger partial charge is 0.306 e. The van der Waals surface area contributed by atoms with Crippen LogP contribution in [-0.2, 0) is 29.6 Å². The first-order chi connectivity index (χ1) is 11.1. The molecule has 10 heteroatoms. The molecule has 0 bridgehead atoms. The summed E-state index contributed by atoms with van der Waals surface area (Å²) >= 11 is -2.45. The number of halogens is 3. The molecular weight excluding hydrogens is 349 g/mol. The molecule has 0 aliphatic carbocycles. The molecule has 2 aromatic rings. The van der Waals surface area contributed by atoms with Crippen LogP contribution in [0.2, 0.25) is 0 Å². The monoisotopic (exact) mass is 362 g/mol. The number of H-pyrrole nitrogens is 1. The number of ketones is 1. The fraction of sp³-hybridized carbons (Fsp3) is 0.286. The minimum Gasteiger partial charge on any atom is -0.306 e. The summed E-state index contributed by atoms with van der Waals surface area (Å²) in [5.41, 5.74) is -2.37. The molecular formula is C14H13F3N2O4S. The first-order valence-corrected chi connectivity index (χ1v) is 8.03.